The number of rotatable bonds is 4. The number of hydrogen-bond donors (Lipinski definition) is 0. The van der Waals surface area contributed by atoms with Crippen LogP contribution in [0.2, 0.25) is 5.02 Å². The topological polar surface area (TPSA) is 34.9 Å². The highest BCUT2D eigenvalue weighted by Crippen LogP contribution is 2.11. The van der Waals surface area contributed by atoms with Gasteiger partial charge in [-0.3, -0.25) is 4.79 Å². The molecule has 0 aliphatic carbocycles. The molecule has 0 aliphatic rings. The summed E-state index contributed by atoms with van der Waals surface area (Å²) < 4.78 is 1.37. The largest absolute Gasteiger partial charge is 0.272 e. The SMILES string of the molecule is O=C(Cc1ccc(Cl)cc1)n1ccc(/C=C/c2ccccc2)n1. The van der Waals surface area contributed by atoms with E-state index in [1.165, 1.54) is 4.68 Å². The zero-order valence-corrected chi connectivity index (χ0v) is 13.1. The van der Waals surface area contributed by atoms with Gasteiger partial charge in [0.2, 0.25) is 0 Å². The third-order valence-electron chi connectivity index (χ3n) is 3.38. The lowest BCUT2D eigenvalue weighted by atomic mass is 10.1. The van der Waals surface area contributed by atoms with Crippen molar-refractivity contribution in [1.29, 1.82) is 0 Å². The molecule has 3 rings (SSSR count). The van der Waals surface area contributed by atoms with E-state index in [1.54, 1.807) is 18.3 Å². The van der Waals surface area contributed by atoms with Crippen LogP contribution in [0.25, 0.3) is 12.2 Å². The van der Waals surface area contributed by atoms with Crippen LogP contribution >= 0.6 is 11.6 Å². The van der Waals surface area contributed by atoms with E-state index in [2.05, 4.69) is 5.10 Å². The van der Waals surface area contributed by atoms with Gasteiger partial charge in [0.05, 0.1) is 12.1 Å². The highest BCUT2D eigenvalue weighted by Gasteiger charge is 2.07. The van der Waals surface area contributed by atoms with Crippen molar-refractivity contribution >= 4 is 29.7 Å². The molecule has 0 saturated carbocycles. The molecule has 114 valence electrons. The number of nitrogens with zero attached hydrogens (tertiary/aromatic N) is 2. The fourth-order valence-corrected chi connectivity index (χ4v) is 2.30. The summed E-state index contributed by atoms with van der Waals surface area (Å²) in [4.78, 5) is 12.2. The molecule has 0 aliphatic heterocycles. The van der Waals surface area contributed by atoms with Crippen LogP contribution in [-0.2, 0) is 6.42 Å². The highest BCUT2D eigenvalue weighted by atomic mass is 35.5. The minimum atomic E-state index is -0.0771. The first-order valence-corrected chi connectivity index (χ1v) is 7.65. The first-order valence-electron chi connectivity index (χ1n) is 7.27. The van der Waals surface area contributed by atoms with Crippen molar-refractivity contribution < 1.29 is 4.79 Å². The monoisotopic (exact) mass is 322 g/mol. The van der Waals surface area contributed by atoms with Gasteiger partial charge >= 0.3 is 0 Å². The summed E-state index contributed by atoms with van der Waals surface area (Å²) in [6.45, 7) is 0. The van der Waals surface area contributed by atoms with Crippen molar-refractivity contribution in [1.82, 2.24) is 9.78 Å². The van der Waals surface area contributed by atoms with Gasteiger partial charge in [-0.1, -0.05) is 60.1 Å². The second kappa shape index (κ2) is 7.07. The van der Waals surface area contributed by atoms with Gasteiger partial charge in [0.15, 0.2) is 0 Å². The Labute approximate surface area is 139 Å². The Morgan fingerprint density at radius 1 is 1.00 bits per heavy atom. The van der Waals surface area contributed by atoms with Gasteiger partial charge in [-0.2, -0.15) is 5.10 Å². The Morgan fingerprint density at radius 2 is 1.74 bits per heavy atom. The van der Waals surface area contributed by atoms with Gasteiger partial charge in [0, 0.05) is 11.2 Å². The zero-order valence-electron chi connectivity index (χ0n) is 12.4. The van der Waals surface area contributed by atoms with E-state index in [9.17, 15) is 4.79 Å². The maximum atomic E-state index is 12.2. The zero-order chi connectivity index (χ0) is 16.1. The van der Waals surface area contributed by atoms with Crippen LogP contribution in [-0.4, -0.2) is 15.7 Å². The summed E-state index contributed by atoms with van der Waals surface area (Å²) in [6, 6.07) is 19.0. The first-order chi connectivity index (χ1) is 11.2. The average molecular weight is 323 g/mol. The van der Waals surface area contributed by atoms with Crippen molar-refractivity contribution in [3.05, 3.63) is 88.7 Å². The summed E-state index contributed by atoms with van der Waals surface area (Å²) in [5.41, 5.74) is 2.75. The van der Waals surface area contributed by atoms with Crippen LogP contribution in [0.1, 0.15) is 21.6 Å². The van der Waals surface area contributed by atoms with Crippen molar-refractivity contribution in [2.75, 3.05) is 0 Å². The molecule has 0 unspecified atom stereocenters. The van der Waals surface area contributed by atoms with Gasteiger partial charge in [-0.05, 0) is 35.4 Å². The van der Waals surface area contributed by atoms with Gasteiger partial charge in [0.1, 0.15) is 0 Å². The van der Waals surface area contributed by atoms with Crippen LogP contribution in [0.3, 0.4) is 0 Å². The molecule has 1 heterocycles. The molecule has 0 fully saturated rings. The Morgan fingerprint density at radius 3 is 2.48 bits per heavy atom. The molecule has 0 radical (unpaired) electrons. The molecule has 4 heteroatoms. The van der Waals surface area contributed by atoms with Gasteiger partial charge in [0.25, 0.3) is 5.91 Å². The molecular weight excluding hydrogens is 308 g/mol. The smallest absolute Gasteiger partial charge is 0.251 e. The second-order valence-corrected chi connectivity index (χ2v) is 5.56. The Bertz CT molecular complexity index is 820. The molecular formula is C19H15ClN2O. The molecule has 3 aromatic rings. The average Bonchev–Trinajstić information content (AvgIpc) is 3.05. The van der Waals surface area contributed by atoms with E-state index in [-0.39, 0.29) is 5.91 Å². The number of carbonyl (C=O) groups excluding carboxylic acids is 1. The minimum Gasteiger partial charge on any atom is -0.272 e. The van der Waals surface area contributed by atoms with Crippen LogP contribution in [0.5, 0.6) is 0 Å². The molecule has 0 bridgehead atoms. The Hall–Kier alpha value is -2.65. The molecule has 3 nitrogen and oxygen atoms in total. The summed E-state index contributed by atoms with van der Waals surface area (Å²) in [6.07, 6.45) is 5.83. The Balaban J connectivity index is 1.67. The van der Waals surface area contributed by atoms with Crippen LogP contribution in [0.15, 0.2) is 66.9 Å². The van der Waals surface area contributed by atoms with Gasteiger partial charge in [-0.15, -0.1) is 0 Å². The maximum Gasteiger partial charge on any atom is 0.251 e. The lowest BCUT2D eigenvalue weighted by molar-refractivity contribution is 0.0898. The second-order valence-electron chi connectivity index (χ2n) is 5.13. The fourth-order valence-electron chi connectivity index (χ4n) is 2.17. The van der Waals surface area contributed by atoms with Gasteiger partial charge in [-0.25, -0.2) is 4.68 Å². The molecule has 0 atom stereocenters. The number of hydrogen-bond acceptors (Lipinski definition) is 2. The Kier molecular flexibility index (Phi) is 4.69. The molecule has 23 heavy (non-hydrogen) atoms. The molecule has 0 amide bonds. The van der Waals surface area contributed by atoms with Crippen LogP contribution in [0, 0.1) is 0 Å². The first kappa shape index (κ1) is 15.3. The van der Waals surface area contributed by atoms with Crippen molar-refractivity contribution in [2.24, 2.45) is 0 Å². The fraction of sp³-hybridized carbons (Fsp3) is 0.0526. The lowest BCUT2D eigenvalue weighted by Crippen LogP contribution is -2.14. The number of halogens is 1. The van der Waals surface area contributed by atoms with E-state index in [1.807, 2.05) is 60.7 Å². The molecule has 1 aromatic heterocycles. The third-order valence-corrected chi connectivity index (χ3v) is 3.63. The summed E-state index contributed by atoms with van der Waals surface area (Å²) in [5.74, 6) is -0.0771. The number of benzene rings is 2. The molecule has 0 spiro atoms. The maximum absolute atomic E-state index is 12.2. The molecule has 0 N–H and O–H groups in total. The molecule has 2 aromatic carbocycles. The van der Waals surface area contributed by atoms with Crippen molar-refractivity contribution in [3.8, 4) is 0 Å². The van der Waals surface area contributed by atoms with E-state index < -0.39 is 0 Å². The minimum absolute atomic E-state index is 0.0771. The number of aromatic nitrogens is 2. The summed E-state index contributed by atoms with van der Waals surface area (Å²) in [7, 11) is 0. The van der Waals surface area contributed by atoms with E-state index in [4.69, 9.17) is 11.6 Å². The quantitative estimate of drug-likeness (QED) is 0.704. The van der Waals surface area contributed by atoms with Crippen molar-refractivity contribution in [3.63, 3.8) is 0 Å². The van der Waals surface area contributed by atoms with E-state index in [0.29, 0.717) is 11.4 Å². The number of carbonyl (C=O) groups is 1. The third kappa shape index (κ3) is 4.18. The highest BCUT2D eigenvalue weighted by molar-refractivity contribution is 6.30. The summed E-state index contributed by atoms with van der Waals surface area (Å²) in [5, 5.41) is 4.95. The van der Waals surface area contributed by atoms with Crippen LogP contribution < -0.4 is 0 Å². The van der Waals surface area contributed by atoms with Crippen LogP contribution in [0.4, 0.5) is 0 Å². The normalized spacial score (nSPS) is 11.0. The van der Waals surface area contributed by atoms with Crippen molar-refractivity contribution in [2.45, 2.75) is 6.42 Å². The van der Waals surface area contributed by atoms with Gasteiger partial charge < -0.3 is 0 Å². The predicted octanol–water partition coefficient (Wildman–Crippen LogP) is 4.59. The van der Waals surface area contributed by atoms with E-state index >= 15 is 0 Å². The predicted molar refractivity (Wildman–Crippen MR) is 93.4 cm³/mol. The summed E-state index contributed by atoms with van der Waals surface area (Å²) >= 11 is 5.84. The lowest BCUT2D eigenvalue weighted by Gasteiger charge is -2.01. The standard InChI is InChI=1S/C19H15ClN2O/c20-17-9-6-16(7-10-17)14-19(23)22-13-12-18(21-22)11-8-15-4-2-1-3-5-15/h1-13H,14H2/b11-8+. The molecule has 0 saturated heterocycles. The van der Waals surface area contributed by atoms with E-state index in [0.717, 1.165) is 16.8 Å².